The van der Waals surface area contributed by atoms with Gasteiger partial charge in [-0.2, -0.15) is 5.26 Å². The second-order valence-electron chi connectivity index (χ2n) is 4.70. The monoisotopic (exact) mass is 349 g/mol. The van der Waals surface area contributed by atoms with Crippen molar-refractivity contribution in [3.05, 3.63) is 34.6 Å². The number of nitrogens with two attached hydrogens (primary N) is 2. The predicted molar refractivity (Wildman–Crippen MR) is 79.9 cm³/mol. The number of rotatable bonds is 4. The molecule has 2 rings (SSSR count). The average molecular weight is 349 g/mol. The van der Waals surface area contributed by atoms with Crippen LogP contribution in [-0.4, -0.2) is 32.1 Å². The van der Waals surface area contributed by atoms with Crippen LogP contribution < -0.4 is 11.5 Å². The normalized spacial score (nSPS) is 10.5. The van der Waals surface area contributed by atoms with Crippen molar-refractivity contribution in [2.45, 2.75) is 6.43 Å². The SMILES string of the molecule is N#Cc1c(-c2ncc(C(F)F)cc2N)nc(C(=O)O)c(N)c1C(=O)O. The molecule has 0 spiro atoms. The first-order valence-electron chi connectivity index (χ1n) is 6.43. The number of alkyl halides is 2. The van der Waals surface area contributed by atoms with E-state index >= 15 is 0 Å². The molecule has 0 aliphatic rings. The molecule has 128 valence electrons. The van der Waals surface area contributed by atoms with Gasteiger partial charge in [0.05, 0.1) is 16.9 Å². The minimum absolute atomic E-state index is 0.314. The number of carbonyl (C=O) groups is 2. The smallest absolute Gasteiger partial charge is 0.356 e. The molecular formula is C14H9F2N5O4. The van der Waals surface area contributed by atoms with E-state index in [-0.39, 0.29) is 11.4 Å². The molecular weight excluding hydrogens is 340 g/mol. The van der Waals surface area contributed by atoms with Crippen LogP contribution in [0.2, 0.25) is 0 Å². The number of nitrogens with zero attached hydrogens (tertiary/aromatic N) is 3. The Bertz CT molecular complexity index is 940. The maximum absolute atomic E-state index is 12.7. The highest BCUT2D eigenvalue weighted by Gasteiger charge is 2.28. The van der Waals surface area contributed by atoms with Crippen LogP contribution in [0, 0.1) is 11.3 Å². The number of hydrogen-bond donors (Lipinski definition) is 4. The summed E-state index contributed by atoms with van der Waals surface area (Å²) in [6.07, 6.45) is -2.10. The number of hydrogen-bond acceptors (Lipinski definition) is 7. The van der Waals surface area contributed by atoms with Crippen LogP contribution in [0.5, 0.6) is 0 Å². The number of aromatic carboxylic acids is 2. The lowest BCUT2D eigenvalue weighted by Gasteiger charge is -2.13. The van der Waals surface area contributed by atoms with Gasteiger partial charge in [0.25, 0.3) is 6.43 Å². The summed E-state index contributed by atoms with van der Waals surface area (Å²) in [7, 11) is 0. The third-order valence-corrected chi connectivity index (χ3v) is 3.18. The molecule has 0 aliphatic carbocycles. The molecule has 6 N–H and O–H groups in total. The average Bonchev–Trinajstić information content (AvgIpc) is 2.53. The first-order chi connectivity index (χ1) is 11.7. The van der Waals surface area contributed by atoms with E-state index < -0.39 is 52.1 Å². The van der Waals surface area contributed by atoms with E-state index in [0.29, 0.717) is 0 Å². The number of carboxylic acids is 2. The summed E-state index contributed by atoms with van der Waals surface area (Å²) in [6.45, 7) is 0. The van der Waals surface area contributed by atoms with Crippen molar-refractivity contribution in [3.8, 4) is 17.5 Å². The molecule has 0 saturated carbocycles. The first-order valence-corrected chi connectivity index (χ1v) is 6.43. The van der Waals surface area contributed by atoms with Crippen LogP contribution in [-0.2, 0) is 0 Å². The van der Waals surface area contributed by atoms with E-state index in [1.54, 1.807) is 6.07 Å². The van der Waals surface area contributed by atoms with E-state index in [1.165, 1.54) is 0 Å². The van der Waals surface area contributed by atoms with Crippen molar-refractivity contribution in [2.24, 2.45) is 0 Å². The van der Waals surface area contributed by atoms with Crippen LogP contribution in [0.3, 0.4) is 0 Å². The number of pyridine rings is 2. The zero-order valence-electron chi connectivity index (χ0n) is 12.2. The Labute approximate surface area is 138 Å². The van der Waals surface area contributed by atoms with E-state index in [0.717, 1.165) is 12.3 Å². The van der Waals surface area contributed by atoms with Gasteiger partial charge in [-0.3, -0.25) is 4.98 Å². The van der Waals surface area contributed by atoms with Gasteiger partial charge in [0.1, 0.15) is 23.0 Å². The van der Waals surface area contributed by atoms with Gasteiger partial charge in [0.2, 0.25) is 0 Å². The lowest BCUT2D eigenvalue weighted by atomic mass is 10.0. The predicted octanol–water partition coefficient (Wildman–Crippen LogP) is 1.51. The lowest BCUT2D eigenvalue weighted by molar-refractivity contribution is 0.0691. The minimum atomic E-state index is -2.86. The zero-order chi connectivity index (χ0) is 18.9. The summed E-state index contributed by atoms with van der Waals surface area (Å²) in [5.74, 6) is -3.31. The highest BCUT2D eigenvalue weighted by Crippen LogP contribution is 2.33. The van der Waals surface area contributed by atoms with Crippen LogP contribution in [0.25, 0.3) is 11.4 Å². The number of nitriles is 1. The molecule has 0 amide bonds. The Kier molecular flexibility index (Phi) is 4.46. The Hall–Kier alpha value is -3.81. The van der Waals surface area contributed by atoms with Gasteiger partial charge in [-0.15, -0.1) is 0 Å². The molecule has 0 atom stereocenters. The number of anilines is 2. The third kappa shape index (κ3) is 3.00. The maximum atomic E-state index is 12.7. The summed E-state index contributed by atoms with van der Waals surface area (Å²) in [6, 6.07) is 2.42. The van der Waals surface area contributed by atoms with Crippen LogP contribution >= 0.6 is 0 Å². The zero-order valence-corrected chi connectivity index (χ0v) is 12.2. The molecule has 25 heavy (non-hydrogen) atoms. The van der Waals surface area contributed by atoms with Gasteiger partial charge in [-0.25, -0.2) is 23.4 Å². The van der Waals surface area contributed by atoms with Crippen molar-refractivity contribution in [2.75, 3.05) is 11.5 Å². The van der Waals surface area contributed by atoms with Gasteiger partial charge >= 0.3 is 11.9 Å². The van der Waals surface area contributed by atoms with Gasteiger partial charge in [-0.05, 0) is 6.07 Å². The molecule has 0 aromatic carbocycles. The standard InChI is InChI=1S/C14H9F2N5O4/c15-12(16)4-1-6(18)10(20-3-4)9-5(2-17)7(13(22)23)8(19)11(21-9)14(24)25/h1,3,12H,18-19H2,(H,22,23)(H,24,25). The molecule has 0 aliphatic heterocycles. The fraction of sp³-hybridized carbons (Fsp3) is 0.0714. The molecule has 0 fully saturated rings. The molecule has 9 nitrogen and oxygen atoms in total. The van der Waals surface area contributed by atoms with E-state index in [9.17, 15) is 28.7 Å². The summed E-state index contributed by atoms with van der Waals surface area (Å²) in [4.78, 5) is 29.9. The van der Waals surface area contributed by atoms with E-state index in [2.05, 4.69) is 9.97 Å². The Morgan fingerprint density at radius 1 is 1.20 bits per heavy atom. The molecule has 0 bridgehead atoms. The summed E-state index contributed by atoms with van der Waals surface area (Å²) in [5, 5.41) is 27.6. The summed E-state index contributed by atoms with van der Waals surface area (Å²) < 4.78 is 25.4. The number of aromatic nitrogens is 2. The molecule has 2 aromatic heterocycles. The van der Waals surface area contributed by atoms with Crippen LogP contribution in [0.15, 0.2) is 12.3 Å². The minimum Gasteiger partial charge on any atom is -0.478 e. The highest BCUT2D eigenvalue weighted by molar-refractivity contribution is 6.05. The van der Waals surface area contributed by atoms with E-state index in [1.807, 2.05) is 0 Å². The topological polar surface area (TPSA) is 176 Å². The summed E-state index contributed by atoms with van der Waals surface area (Å²) >= 11 is 0. The molecule has 2 heterocycles. The number of halogens is 2. The van der Waals surface area contributed by atoms with Gasteiger partial charge in [0, 0.05) is 11.8 Å². The molecule has 2 aromatic rings. The van der Waals surface area contributed by atoms with Crippen molar-refractivity contribution in [1.29, 1.82) is 5.26 Å². The third-order valence-electron chi connectivity index (χ3n) is 3.18. The molecule has 0 saturated heterocycles. The molecule has 0 radical (unpaired) electrons. The van der Waals surface area contributed by atoms with E-state index in [4.69, 9.17) is 16.6 Å². The second kappa shape index (κ2) is 6.36. The maximum Gasteiger partial charge on any atom is 0.356 e. The Balaban J connectivity index is 2.88. The van der Waals surface area contributed by atoms with Gasteiger partial charge < -0.3 is 21.7 Å². The van der Waals surface area contributed by atoms with Crippen molar-refractivity contribution in [1.82, 2.24) is 9.97 Å². The first kappa shape index (κ1) is 17.5. The van der Waals surface area contributed by atoms with Crippen molar-refractivity contribution >= 4 is 23.3 Å². The van der Waals surface area contributed by atoms with Crippen LogP contribution in [0.4, 0.5) is 20.2 Å². The van der Waals surface area contributed by atoms with Crippen molar-refractivity contribution in [3.63, 3.8) is 0 Å². The quantitative estimate of drug-likeness (QED) is 0.637. The second-order valence-corrected chi connectivity index (χ2v) is 4.70. The number of carboxylic acid groups (broad SMARTS) is 2. The fourth-order valence-electron chi connectivity index (χ4n) is 2.08. The van der Waals surface area contributed by atoms with Crippen LogP contribution in [0.1, 0.15) is 38.4 Å². The number of nitrogen functional groups attached to an aromatic ring is 2. The Morgan fingerprint density at radius 2 is 1.84 bits per heavy atom. The Morgan fingerprint density at radius 3 is 2.28 bits per heavy atom. The fourth-order valence-corrected chi connectivity index (χ4v) is 2.08. The molecule has 11 heteroatoms. The molecule has 0 unspecified atom stereocenters. The summed E-state index contributed by atoms with van der Waals surface area (Å²) in [5.41, 5.74) is 6.56. The van der Waals surface area contributed by atoms with Gasteiger partial charge in [0.15, 0.2) is 5.69 Å². The highest BCUT2D eigenvalue weighted by atomic mass is 19.3. The largest absolute Gasteiger partial charge is 0.478 e. The van der Waals surface area contributed by atoms with Crippen molar-refractivity contribution < 1.29 is 28.6 Å². The lowest BCUT2D eigenvalue weighted by Crippen LogP contribution is -2.16. The van der Waals surface area contributed by atoms with Gasteiger partial charge in [-0.1, -0.05) is 0 Å².